The normalized spacial score (nSPS) is 15.2. The Bertz CT molecular complexity index is 1250. The van der Waals surface area contributed by atoms with Gasteiger partial charge in [-0.15, -0.1) is 11.3 Å². The highest BCUT2D eigenvalue weighted by atomic mass is 32.1. The van der Waals surface area contributed by atoms with Crippen molar-refractivity contribution in [1.29, 1.82) is 0 Å². The first-order valence-electron chi connectivity index (χ1n) is 10.9. The quantitative estimate of drug-likeness (QED) is 0.466. The fraction of sp³-hybridized carbons (Fsp3) is 0.417. The van der Waals surface area contributed by atoms with E-state index in [-0.39, 0.29) is 5.41 Å². The average Bonchev–Trinajstić information content (AvgIpc) is 3.16. The Balaban J connectivity index is 1.67. The first-order chi connectivity index (χ1) is 15.0. The topological polar surface area (TPSA) is 66.8 Å². The Kier molecular flexibility index (Phi) is 5.01. The van der Waals surface area contributed by atoms with E-state index in [0.29, 0.717) is 6.54 Å². The molecule has 0 saturated carbocycles. The van der Waals surface area contributed by atoms with Gasteiger partial charge in [-0.2, -0.15) is 0 Å². The van der Waals surface area contributed by atoms with E-state index in [1.54, 1.807) is 17.7 Å². The molecule has 4 heterocycles. The molecule has 1 aliphatic carbocycles. The number of fused-ring (bicyclic) bond motifs is 5. The van der Waals surface area contributed by atoms with Gasteiger partial charge >= 0.3 is 0 Å². The Morgan fingerprint density at radius 3 is 2.74 bits per heavy atom. The van der Waals surface area contributed by atoms with Crippen molar-refractivity contribution < 1.29 is 0 Å². The molecule has 1 aliphatic rings. The number of thiophene rings is 1. The van der Waals surface area contributed by atoms with Crippen LogP contribution >= 0.6 is 11.3 Å². The molecule has 0 atom stereocenters. The molecule has 1 N–H and O–H groups in total. The van der Waals surface area contributed by atoms with Crippen LogP contribution in [0.3, 0.4) is 0 Å². The molecule has 160 valence electrons. The van der Waals surface area contributed by atoms with Crippen molar-refractivity contribution in [3.05, 3.63) is 47.5 Å². The summed E-state index contributed by atoms with van der Waals surface area (Å²) in [6, 6.07) is 4.03. The molecule has 0 saturated heterocycles. The van der Waals surface area contributed by atoms with Crippen LogP contribution in [0, 0.1) is 5.41 Å². The molecule has 7 heteroatoms. The van der Waals surface area contributed by atoms with Crippen LogP contribution in [0.25, 0.3) is 20.4 Å². The summed E-state index contributed by atoms with van der Waals surface area (Å²) in [5, 5.41) is 4.73. The molecule has 0 radical (unpaired) electrons. The third kappa shape index (κ3) is 3.61. The Morgan fingerprint density at radius 1 is 1.16 bits per heavy atom. The van der Waals surface area contributed by atoms with Crippen molar-refractivity contribution in [2.45, 2.75) is 46.6 Å². The molecule has 4 aromatic heterocycles. The van der Waals surface area contributed by atoms with E-state index in [9.17, 15) is 0 Å². The molecular formula is C24H28N6S. The van der Waals surface area contributed by atoms with Crippen LogP contribution in [0.1, 0.15) is 43.9 Å². The van der Waals surface area contributed by atoms with E-state index in [0.717, 1.165) is 46.1 Å². The van der Waals surface area contributed by atoms with Gasteiger partial charge in [-0.05, 0) is 60.4 Å². The van der Waals surface area contributed by atoms with Gasteiger partial charge in [0.05, 0.1) is 10.2 Å². The van der Waals surface area contributed by atoms with Crippen LogP contribution in [-0.4, -0.2) is 33.5 Å². The number of hydrogen-bond acceptors (Lipinski definition) is 7. The Hall–Kier alpha value is -2.80. The van der Waals surface area contributed by atoms with Gasteiger partial charge in [0.15, 0.2) is 0 Å². The summed E-state index contributed by atoms with van der Waals surface area (Å²) in [5.74, 6) is 2.00. The smallest absolute Gasteiger partial charge is 0.147 e. The highest BCUT2D eigenvalue weighted by molar-refractivity contribution is 7.26. The predicted octanol–water partition coefficient (Wildman–Crippen LogP) is 5.22. The molecule has 6 nitrogen and oxygen atoms in total. The van der Waals surface area contributed by atoms with Crippen molar-refractivity contribution in [2.75, 3.05) is 23.8 Å². The maximum Gasteiger partial charge on any atom is 0.147 e. The predicted molar refractivity (Wildman–Crippen MR) is 129 cm³/mol. The van der Waals surface area contributed by atoms with Crippen molar-refractivity contribution in [3.8, 4) is 0 Å². The largest absolute Gasteiger partial charge is 0.365 e. The van der Waals surface area contributed by atoms with Crippen LogP contribution in [-0.2, 0) is 19.4 Å². The molecule has 0 aliphatic heterocycles. The summed E-state index contributed by atoms with van der Waals surface area (Å²) in [5.41, 5.74) is 5.32. The summed E-state index contributed by atoms with van der Waals surface area (Å²) >= 11 is 1.70. The lowest BCUT2D eigenvalue weighted by Crippen LogP contribution is -2.26. The second kappa shape index (κ2) is 7.71. The summed E-state index contributed by atoms with van der Waals surface area (Å²) < 4.78 is 1.08. The number of nitrogens with zero attached hydrogens (tertiary/aromatic N) is 5. The van der Waals surface area contributed by atoms with E-state index in [2.05, 4.69) is 48.0 Å². The fourth-order valence-corrected chi connectivity index (χ4v) is 5.58. The number of pyridine rings is 2. The summed E-state index contributed by atoms with van der Waals surface area (Å²) in [7, 11) is 2.14. The molecule has 0 unspecified atom stereocenters. The number of anilines is 2. The molecule has 5 rings (SSSR count). The Labute approximate surface area is 186 Å². The lowest BCUT2D eigenvalue weighted by molar-refractivity contribution is 0.317. The SMILES string of the molecule is CCN(C)c1nc2sc3c(NCc4ccncc4)ncnc3c2c2c1CCC(C)(C)C2. The van der Waals surface area contributed by atoms with Crippen LogP contribution in [0.4, 0.5) is 11.6 Å². The highest BCUT2D eigenvalue weighted by Gasteiger charge is 2.31. The minimum absolute atomic E-state index is 0.285. The van der Waals surface area contributed by atoms with Gasteiger partial charge in [0.25, 0.3) is 0 Å². The van der Waals surface area contributed by atoms with E-state index in [1.165, 1.54) is 28.5 Å². The molecule has 4 aromatic rings. The first-order valence-corrected chi connectivity index (χ1v) is 11.7. The van der Waals surface area contributed by atoms with Gasteiger partial charge in [0, 0.05) is 37.9 Å². The molecule has 0 bridgehead atoms. The number of hydrogen-bond donors (Lipinski definition) is 1. The van der Waals surface area contributed by atoms with Gasteiger partial charge in [-0.25, -0.2) is 15.0 Å². The van der Waals surface area contributed by atoms with Crippen LogP contribution in [0.2, 0.25) is 0 Å². The minimum atomic E-state index is 0.285. The van der Waals surface area contributed by atoms with Gasteiger partial charge in [0.1, 0.15) is 22.8 Å². The second-order valence-electron chi connectivity index (χ2n) is 9.14. The Morgan fingerprint density at radius 2 is 1.97 bits per heavy atom. The zero-order valence-electron chi connectivity index (χ0n) is 18.6. The van der Waals surface area contributed by atoms with Crippen LogP contribution in [0.15, 0.2) is 30.9 Å². The second-order valence-corrected chi connectivity index (χ2v) is 10.1. The maximum atomic E-state index is 5.14. The minimum Gasteiger partial charge on any atom is -0.365 e. The van der Waals surface area contributed by atoms with E-state index < -0.39 is 0 Å². The third-order valence-electron chi connectivity index (χ3n) is 6.35. The average molecular weight is 433 g/mol. The molecule has 0 amide bonds. The number of aromatic nitrogens is 4. The maximum absolute atomic E-state index is 5.14. The standard InChI is InChI=1S/C24H28N6S/c1-5-30(4)22-16-6-9-24(2,3)12-17(16)18-19-20(31-23(18)29-22)21(28-14-27-19)26-13-15-7-10-25-11-8-15/h7-8,10-11,14H,5-6,9,12-13H2,1-4H3,(H,26,27,28). The van der Waals surface area contributed by atoms with Crippen LogP contribution < -0.4 is 10.2 Å². The summed E-state index contributed by atoms with van der Waals surface area (Å²) in [6.45, 7) is 8.57. The van der Waals surface area contributed by atoms with Crippen molar-refractivity contribution in [1.82, 2.24) is 19.9 Å². The van der Waals surface area contributed by atoms with Gasteiger partial charge in [-0.3, -0.25) is 4.98 Å². The van der Waals surface area contributed by atoms with Crippen LogP contribution in [0.5, 0.6) is 0 Å². The van der Waals surface area contributed by atoms with E-state index in [1.807, 2.05) is 24.5 Å². The number of nitrogens with one attached hydrogen (secondary N) is 1. The molecular weight excluding hydrogens is 404 g/mol. The molecule has 0 fully saturated rings. The lowest BCUT2D eigenvalue weighted by Gasteiger charge is -2.34. The molecule has 0 aromatic carbocycles. The van der Waals surface area contributed by atoms with Gasteiger partial charge in [0.2, 0.25) is 0 Å². The van der Waals surface area contributed by atoms with Gasteiger partial charge in [-0.1, -0.05) is 13.8 Å². The summed E-state index contributed by atoms with van der Waals surface area (Å²) in [6.07, 6.45) is 8.62. The summed E-state index contributed by atoms with van der Waals surface area (Å²) in [4.78, 5) is 21.9. The monoisotopic (exact) mass is 432 g/mol. The van der Waals surface area contributed by atoms with E-state index in [4.69, 9.17) is 9.97 Å². The zero-order valence-corrected chi connectivity index (χ0v) is 19.4. The highest BCUT2D eigenvalue weighted by Crippen LogP contribution is 2.46. The van der Waals surface area contributed by atoms with Crippen molar-refractivity contribution >= 4 is 43.4 Å². The van der Waals surface area contributed by atoms with Gasteiger partial charge < -0.3 is 10.2 Å². The molecule has 0 spiro atoms. The molecule has 31 heavy (non-hydrogen) atoms. The van der Waals surface area contributed by atoms with E-state index >= 15 is 0 Å². The third-order valence-corrected chi connectivity index (χ3v) is 7.43. The fourth-order valence-electron chi connectivity index (χ4n) is 4.46. The zero-order chi connectivity index (χ0) is 21.6. The number of rotatable bonds is 5. The van der Waals surface area contributed by atoms with Crippen molar-refractivity contribution in [3.63, 3.8) is 0 Å². The lowest BCUT2D eigenvalue weighted by atomic mass is 9.73. The first kappa shape index (κ1) is 20.1. The van der Waals surface area contributed by atoms with Crippen molar-refractivity contribution in [2.24, 2.45) is 5.41 Å².